The van der Waals surface area contributed by atoms with E-state index in [0.717, 1.165) is 5.56 Å². The molecule has 0 bridgehead atoms. The highest BCUT2D eigenvalue weighted by Gasteiger charge is 2.46. The third-order valence-electron chi connectivity index (χ3n) is 4.14. The molecule has 104 valence electrons. The van der Waals surface area contributed by atoms with Gasteiger partial charge >= 0.3 is 0 Å². The summed E-state index contributed by atoms with van der Waals surface area (Å²) in [6.45, 7) is 4.42. The Morgan fingerprint density at radius 3 is 2.58 bits per heavy atom. The normalized spacial score (nSPS) is 42.7. The molecule has 2 aliphatic heterocycles. The second-order valence-electron chi connectivity index (χ2n) is 5.41. The average Bonchev–Trinajstić information content (AvgIpc) is 2.46. The van der Waals surface area contributed by atoms with Gasteiger partial charge in [0.05, 0.1) is 18.8 Å². The number of hydrogen-bond donors (Lipinski definition) is 1. The Morgan fingerprint density at radius 1 is 1.11 bits per heavy atom. The van der Waals surface area contributed by atoms with Crippen molar-refractivity contribution in [2.75, 3.05) is 6.61 Å². The van der Waals surface area contributed by atoms with Crippen molar-refractivity contribution in [2.24, 2.45) is 5.92 Å². The fourth-order valence-electron chi connectivity index (χ4n) is 2.73. The van der Waals surface area contributed by atoms with Gasteiger partial charge in [-0.2, -0.15) is 0 Å². The molecule has 0 spiro atoms. The van der Waals surface area contributed by atoms with Crippen LogP contribution in [0, 0.1) is 5.92 Å². The molecular weight excluding hydrogens is 244 g/mol. The SMILES string of the molecule is CC1[C@H](C)OC2COC(c3ccccc3)O[C@@H]2[C@@H]1O. The third kappa shape index (κ3) is 2.41. The zero-order chi connectivity index (χ0) is 13.4. The summed E-state index contributed by atoms with van der Waals surface area (Å²) in [6, 6.07) is 9.79. The highest BCUT2D eigenvalue weighted by atomic mass is 16.7. The molecule has 2 heterocycles. The minimum Gasteiger partial charge on any atom is -0.390 e. The summed E-state index contributed by atoms with van der Waals surface area (Å²) in [5.41, 5.74) is 0.972. The quantitative estimate of drug-likeness (QED) is 0.841. The standard InChI is InChI=1S/C15H20O4/c1-9-10(2)18-12-8-17-15(19-14(12)13(9)16)11-6-4-3-5-7-11/h3-7,9-10,12-16H,8H2,1-2H3/t9?,10-,12?,13+,14-,15?/m0/s1. The van der Waals surface area contributed by atoms with E-state index in [1.165, 1.54) is 0 Å². The van der Waals surface area contributed by atoms with E-state index in [1.54, 1.807) is 0 Å². The largest absolute Gasteiger partial charge is 0.390 e. The zero-order valence-corrected chi connectivity index (χ0v) is 11.2. The van der Waals surface area contributed by atoms with Crippen LogP contribution in [0.15, 0.2) is 30.3 Å². The van der Waals surface area contributed by atoms with Crippen molar-refractivity contribution >= 4 is 0 Å². The topological polar surface area (TPSA) is 47.9 Å². The summed E-state index contributed by atoms with van der Waals surface area (Å²) in [4.78, 5) is 0. The van der Waals surface area contributed by atoms with E-state index in [0.29, 0.717) is 6.61 Å². The first-order valence-electron chi connectivity index (χ1n) is 6.82. The molecule has 2 saturated heterocycles. The molecule has 6 atom stereocenters. The summed E-state index contributed by atoms with van der Waals surface area (Å²) < 4.78 is 17.5. The molecule has 19 heavy (non-hydrogen) atoms. The molecule has 0 aliphatic carbocycles. The summed E-state index contributed by atoms with van der Waals surface area (Å²) in [5, 5.41) is 10.3. The number of fused-ring (bicyclic) bond motifs is 1. The molecule has 0 radical (unpaired) electrons. The summed E-state index contributed by atoms with van der Waals surface area (Å²) in [7, 11) is 0. The lowest BCUT2D eigenvalue weighted by Gasteiger charge is -2.46. The van der Waals surface area contributed by atoms with Crippen LogP contribution in [0.3, 0.4) is 0 Å². The number of hydrogen-bond acceptors (Lipinski definition) is 4. The lowest BCUT2D eigenvalue weighted by Crippen LogP contribution is -2.57. The number of aliphatic hydroxyl groups is 1. The van der Waals surface area contributed by atoms with Gasteiger partial charge < -0.3 is 19.3 Å². The van der Waals surface area contributed by atoms with Gasteiger partial charge in [-0.25, -0.2) is 0 Å². The van der Waals surface area contributed by atoms with Crippen molar-refractivity contribution in [1.29, 1.82) is 0 Å². The van der Waals surface area contributed by atoms with Crippen molar-refractivity contribution in [3.63, 3.8) is 0 Å². The molecule has 0 saturated carbocycles. The fraction of sp³-hybridized carbons (Fsp3) is 0.600. The number of ether oxygens (including phenoxy) is 3. The van der Waals surface area contributed by atoms with Crippen LogP contribution in [0.5, 0.6) is 0 Å². The van der Waals surface area contributed by atoms with Crippen LogP contribution >= 0.6 is 0 Å². The first-order chi connectivity index (χ1) is 9.16. The van der Waals surface area contributed by atoms with E-state index in [9.17, 15) is 5.11 Å². The van der Waals surface area contributed by atoms with Crippen LogP contribution in [0.4, 0.5) is 0 Å². The molecule has 4 heteroatoms. The Balaban J connectivity index is 1.75. The van der Waals surface area contributed by atoms with Gasteiger partial charge in [0.15, 0.2) is 6.29 Å². The van der Waals surface area contributed by atoms with Crippen LogP contribution in [-0.2, 0) is 14.2 Å². The number of benzene rings is 1. The van der Waals surface area contributed by atoms with E-state index in [4.69, 9.17) is 14.2 Å². The van der Waals surface area contributed by atoms with Crippen LogP contribution in [0.25, 0.3) is 0 Å². The van der Waals surface area contributed by atoms with Crippen LogP contribution in [-0.4, -0.2) is 36.1 Å². The maximum Gasteiger partial charge on any atom is 0.184 e. The van der Waals surface area contributed by atoms with Crippen molar-refractivity contribution < 1.29 is 19.3 Å². The Bertz CT molecular complexity index is 419. The first-order valence-corrected chi connectivity index (χ1v) is 6.82. The minimum absolute atomic E-state index is 0.0247. The summed E-state index contributed by atoms with van der Waals surface area (Å²) in [5.74, 6) is 0.0655. The van der Waals surface area contributed by atoms with Gasteiger partial charge in [0.2, 0.25) is 0 Å². The minimum atomic E-state index is -0.510. The van der Waals surface area contributed by atoms with Gasteiger partial charge in [0.25, 0.3) is 0 Å². The van der Waals surface area contributed by atoms with Crippen molar-refractivity contribution in [1.82, 2.24) is 0 Å². The molecule has 1 N–H and O–H groups in total. The van der Waals surface area contributed by atoms with Crippen LogP contribution < -0.4 is 0 Å². The smallest absolute Gasteiger partial charge is 0.184 e. The third-order valence-corrected chi connectivity index (χ3v) is 4.14. The van der Waals surface area contributed by atoms with Gasteiger partial charge in [0.1, 0.15) is 12.2 Å². The average molecular weight is 264 g/mol. The van der Waals surface area contributed by atoms with Gasteiger partial charge in [-0.15, -0.1) is 0 Å². The second kappa shape index (κ2) is 5.21. The molecule has 1 aromatic carbocycles. The first kappa shape index (κ1) is 13.1. The van der Waals surface area contributed by atoms with Gasteiger partial charge in [0, 0.05) is 11.5 Å². The Morgan fingerprint density at radius 2 is 1.84 bits per heavy atom. The molecule has 1 aromatic rings. The second-order valence-corrected chi connectivity index (χ2v) is 5.41. The van der Waals surface area contributed by atoms with Gasteiger partial charge in [-0.1, -0.05) is 37.3 Å². The van der Waals surface area contributed by atoms with Crippen LogP contribution in [0.2, 0.25) is 0 Å². The molecule has 2 aliphatic rings. The van der Waals surface area contributed by atoms with Crippen molar-refractivity contribution in [3.8, 4) is 0 Å². The van der Waals surface area contributed by atoms with Crippen molar-refractivity contribution in [3.05, 3.63) is 35.9 Å². The monoisotopic (exact) mass is 264 g/mol. The van der Waals surface area contributed by atoms with E-state index < -0.39 is 12.4 Å². The maximum absolute atomic E-state index is 10.3. The Kier molecular flexibility index (Phi) is 3.58. The highest BCUT2D eigenvalue weighted by Crippen LogP contribution is 2.35. The predicted octanol–water partition coefficient (Wildman–Crippen LogP) is 1.88. The van der Waals surface area contributed by atoms with E-state index in [1.807, 2.05) is 44.2 Å². The Labute approximate surface area is 113 Å². The molecule has 3 rings (SSSR count). The van der Waals surface area contributed by atoms with Gasteiger partial charge in [-0.3, -0.25) is 0 Å². The molecule has 3 unspecified atom stereocenters. The zero-order valence-electron chi connectivity index (χ0n) is 11.2. The molecule has 2 fully saturated rings. The fourth-order valence-corrected chi connectivity index (χ4v) is 2.73. The summed E-state index contributed by atoms with van der Waals surface area (Å²) in [6.07, 6.45) is -1.40. The van der Waals surface area contributed by atoms with E-state index >= 15 is 0 Å². The number of aliphatic hydroxyl groups excluding tert-OH is 1. The molecule has 0 aromatic heterocycles. The molecule has 4 nitrogen and oxygen atoms in total. The summed E-state index contributed by atoms with van der Waals surface area (Å²) >= 11 is 0. The Hall–Kier alpha value is -0.940. The van der Waals surface area contributed by atoms with Crippen molar-refractivity contribution in [2.45, 2.75) is 44.6 Å². The lowest BCUT2D eigenvalue weighted by molar-refractivity contribution is -0.318. The number of rotatable bonds is 1. The lowest BCUT2D eigenvalue weighted by atomic mass is 9.88. The molecule has 0 amide bonds. The highest BCUT2D eigenvalue weighted by molar-refractivity contribution is 5.16. The van der Waals surface area contributed by atoms with Crippen LogP contribution in [0.1, 0.15) is 25.7 Å². The maximum atomic E-state index is 10.3. The molecular formula is C15H20O4. The van der Waals surface area contributed by atoms with Gasteiger partial charge in [-0.05, 0) is 6.92 Å². The predicted molar refractivity (Wildman–Crippen MR) is 69.5 cm³/mol. The van der Waals surface area contributed by atoms with E-state index in [2.05, 4.69) is 0 Å². The van der Waals surface area contributed by atoms with E-state index in [-0.39, 0.29) is 24.2 Å².